The number of ether oxygens (including phenoxy) is 1. The number of allylic oxidation sites excluding steroid dienone is 1. The number of rotatable bonds is 6. The van der Waals surface area contributed by atoms with E-state index in [9.17, 15) is 26.3 Å². The molecule has 0 saturated carbocycles. The molecule has 0 atom stereocenters. The highest BCUT2D eigenvalue weighted by atomic mass is 19.4. The van der Waals surface area contributed by atoms with Gasteiger partial charge >= 0.3 is 12.4 Å². The molecule has 24 heavy (non-hydrogen) atoms. The molecule has 0 radical (unpaired) electrons. The Morgan fingerprint density at radius 1 is 1.00 bits per heavy atom. The number of nitriles is 2. The molecule has 9 heteroatoms. The van der Waals surface area contributed by atoms with E-state index in [0.29, 0.717) is 5.56 Å². The smallest absolute Gasteiger partial charge is 0.406 e. The van der Waals surface area contributed by atoms with Gasteiger partial charge in [0.15, 0.2) is 5.83 Å². The van der Waals surface area contributed by atoms with Crippen LogP contribution < -0.4 is 4.74 Å². The molecule has 1 aromatic rings. The lowest BCUT2D eigenvalue weighted by Crippen LogP contribution is -2.20. The molecule has 1 aromatic carbocycles. The first-order valence-corrected chi connectivity index (χ1v) is 6.47. The first-order valence-electron chi connectivity index (χ1n) is 6.47. The van der Waals surface area contributed by atoms with Crippen LogP contribution in [0.3, 0.4) is 0 Å². The van der Waals surface area contributed by atoms with Crippen LogP contribution in [-0.4, -0.2) is 6.36 Å². The largest absolute Gasteiger partial charge is 0.573 e. The summed E-state index contributed by atoms with van der Waals surface area (Å²) in [4.78, 5) is 0. The zero-order valence-electron chi connectivity index (χ0n) is 12.0. The van der Waals surface area contributed by atoms with Crippen molar-refractivity contribution in [2.24, 2.45) is 5.41 Å². The summed E-state index contributed by atoms with van der Waals surface area (Å²) in [6, 6.07) is 7.69. The maximum atomic E-state index is 12.9. The Kier molecular flexibility index (Phi) is 6.24. The molecule has 0 aromatic heterocycles. The van der Waals surface area contributed by atoms with Crippen molar-refractivity contribution in [1.29, 1.82) is 10.5 Å². The zero-order chi connectivity index (χ0) is 18.4. The second-order valence-electron chi connectivity index (χ2n) is 4.84. The number of alkyl halides is 3. The van der Waals surface area contributed by atoms with E-state index < -0.39 is 42.3 Å². The van der Waals surface area contributed by atoms with E-state index >= 15 is 0 Å². The molecule has 128 valence electrons. The fourth-order valence-corrected chi connectivity index (χ4v) is 1.88. The molecule has 1 rings (SSSR count). The first-order chi connectivity index (χ1) is 11.1. The molecule has 0 heterocycles. The standard InChI is InChI=1S/C15H10F6N2O/c16-12(13(17)18)5-6-14(8-22,9-23)7-10-1-3-11(4-2-10)24-15(19,20)21/h1-4H,5-7H2. The number of benzene rings is 1. The third-order valence-corrected chi connectivity index (χ3v) is 3.07. The number of nitrogens with zero attached hydrogens (tertiary/aromatic N) is 2. The number of halogens is 6. The quantitative estimate of drug-likeness (QED) is 0.678. The summed E-state index contributed by atoms with van der Waals surface area (Å²) in [6.07, 6.45) is -8.91. The Bertz CT molecular complexity index is 664. The van der Waals surface area contributed by atoms with Crippen LogP contribution in [-0.2, 0) is 6.42 Å². The lowest BCUT2D eigenvalue weighted by Gasteiger charge is -2.18. The van der Waals surface area contributed by atoms with Crippen molar-refractivity contribution in [3.05, 3.63) is 41.7 Å². The molecule has 0 spiro atoms. The second kappa shape index (κ2) is 7.73. The Morgan fingerprint density at radius 3 is 1.96 bits per heavy atom. The highest BCUT2D eigenvalue weighted by Gasteiger charge is 2.32. The highest BCUT2D eigenvalue weighted by Crippen LogP contribution is 2.31. The van der Waals surface area contributed by atoms with Crippen molar-refractivity contribution in [2.75, 3.05) is 0 Å². The summed E-state index contributed by atoms with van der Waals surface area (Å²) in [7, 11) is 0. The molecule has 0 fully saturated rings. The monoisotopic (exact) mass is 348 g/mol. The van der Waals surface area contributed by atoms with E-state index in [1.807, 2.05) is 0 Å². The van der Waals surface area contributed by atoms with Crippen LogP contribution in [0.1, 0.15) is 18.4 Å². The molecule has 0 bridgehead atoms. The topological polar surface area (TPSA) is 56.8 Å². The molecule has 0 aliphatic rings. The van der Waals surface area contributed by atoms with Crippen LogP contribution in [0.5, 0.6) is 5.75 Å². The fourth-order valence-electron chi connectivity index (χ4n) is 1.88. The summed E-state index contributed by atoms with van der Waals surface area (Å²) in [5.74, 6) is -2.20. The first kappa shape index (κ1) is 19.4. The molecule has 0 N–H and O–H groups in total. The lowest BCUT2D eigenvalue weighted by molar-refractivity contribution is -0.274. The van der Waals surface area contributed by atoms with Gasteiger partial charge in [0.25, 0.3) is 0 Å². The predicted molar refractivity (Wildman–Crippen MR) is 70.1 cm³/mol. The van der Waals surface area contributed by atoms with Crippen LogP contribution in [0.2, 0.25) is 0 Å². The van der Waals surface area contributed by atoms with E-state index in [2.05, 4.69) is 4.74 Å². The maximum absolute atomic E-state index is 12.9. The number of hydrogen-bond acceptors (Lipinski definition) is 3. The predicted octanol–water partition coefficient (Wildman–Crippen LogP) is 5.02. The fraction of sp³-hybridized carbons (Fsp3) is 0.333. The van der Waals surface area contributed by atoms with E-state index in [0.717, 1.165) is 12.1 Å². The molecular weight excluding hydrogens is 338 g/mol. The zero-order valence-corrected chi connectivity index (χ0v) is 12.0. The van der Waals surface area contributed by atoms with Crippen molar-refractivity contribution in [3.63, 3.8) is 0 Å². The van der Waals surface area contributed by atoms with Crippen LogP contribution in [0.15, 0.2) is 36.2 Å². The van der Waals surface area contributed by atoms with Crippen molar-refractivity contribution >= 4 is 0 Å². The number of hydrogen-bond donors (Lipinski definition) is 0. The summed E-state index contributed by atoms with van der Waals surface area (Å²) in [5, 5.41) is 18.2. The van der Waals surface area contributed by atoms with Gasteiger partial charge in [-0.3, -0.25) is 0 Å². The minimum absolute atomic E-state index is 0.256. The molecular formula is C15H10F6N2O. The average molecular weight is 348 g/mol. The van der Waals surface area contributed by atoms with Gasteiger partial charge in [-0.25, -0.2) is 4.39 Å². The van der Waals surface area contributed by atoms with Crippen LogP contribution >= 0.6 is 0 Å². The average Bonchev–Trinajstić information content (AvgIpc) is 2.51. The van der Waals surface area contributed by atoms with Crippen molar-refractivity contribution in [2.45, 2.75) is 25.6 Å². The summed E-state index contributed by atoms with van der Waals surface area (Å²) in [5.41, 5.74) is -1.48. The lowest BCUT2D eigenvalue weighted by atomic mass is 9.80. The summed E-state index contributed by atoms with van der Waals surface area (Å²) >= 11 is 0. The van der Waals surface area contributed by atoms with Crippen molar-refractivity contribution < 1.29 is 31.1 Å². The van der Waals surface area contributed by atoms with Crippen LogP contribution in [0.4, 0.5) is 26.3 Å². The van der Waals surface area contributed by atoms with Crippen molar-refractivity contribution in [3.8, 4) is 17.9 Å². The van der Waals surface area contributed by atoms with E-state index in [-0.39, 0.29) is 6.42 Å². The van der Waals surface area contributed by atoms with Crippen molar-refractivity contribution in [1.82, 2.24) is 0 Å². The van der Waals surface area contributed by atoms with Gasteiger partial charge in [-0.2, -0.15) is 19.3 Å². The third-order valence-electron chi connectivity index (χ3n) is 3.07. The van der Waals surface area contributed by atoms with E-state index in [4.69, 9.17) is 10.5 Å². The molecule has 0 unspecified atom stereocenters. The van der Waals surface area contributed by atoms with Gasteiger partial charge in [-0.05, 0) is 24.1 Å². The van der Waals surface area contributed by atoms with E-state index in [1.165, 1.54) is 12.1 Å². The minimum Gasteiger partial charge on any atom is -0.406 e. The summed E-state index contributed by atoms with van der Waals surface area (Å²) < 4.78 is 76.8. The third kappa shape index (κ3) is 5.84. The van der Waals surface area contributed by atoms with Gasteiger partial charge in [0.2, 0.25) is 0 Å². The van der Waals surface area contributed by atoms with Gasteiger partial charge in [0.1, 0.15) is 11.2 Å². The molecule has 3 nitrogen and oxygen atoms in total. The highest BCUT2D eigenvalue weighted by molar-refractivity contribution is 5.31. The molecule has 0 aliphatic carbocycles. The van der Waals surface area contributed by atoms with Gasteiger partial charge in [0.05, 0.1) is 12.1 Å². The van der Waals surface area contributed by atoms with E-state index in [1.54, 1.807) is 12.1 Å². The van der Waals surface area contributed by atoms with Gasteiger partial charge in [-0.15, -0.1) is 13.2 Å². The van der Waals surface area contributed by atoms with Gasteiger partial charge in [-0.1, -0.05) is 12.1 Å². The SMILES string of the molecule is N#CC(C#N)(CCC(F)=C(F)F)Cc1ccc(OC(F)(F)F)cc1. The van der Waals surface area contributed by atoms with Crippen LogP contribution in [0.25, 0.3) is 0 Å². The Hall–Kier alpha value is -2.68. The van der Waals surface area contributed by atoms with Crippen LogP contribution in [0, 0.1) is 28.1 Å². The van der Waals surface area contributed by atoms with Gasteiger partial charge < -0.3 is 4.74 Å². The molecule has 0 aliphatic heterocycles. The maximum Gasteiger partial charge on any atom is 0.573 e. The Labute approximate surface area is 133 Å². The Balaban J connectivity index is 2.88. The molecule has 0 amide bonds. The minimum atomic E-state index is -4.86. The Morgan fingerprint density at radius 2 is 1.54 bits per heavy atom. The van der Waals surface area contributed by atoms with Gasteiger partial charge in [0, 0.05) is 12.8 Å². The summed E-state index contributed by atoms with van der Waals surface area (Å²) in [6.45, 7) is 0. The molecule has 0 saturated heterocycles. The second-order valence-corrected chi connectivity index (χ2v) is 4.84. The normalized spacial score (nSPS) is 11.3.